The molecule has 1 aliphatic heterocycles. The summed E-state index contributed by atoms with van der Waals surface area (Å²) >= 11 is 0. The van der Waals surface area contributed by atoms with Crippen LogP contribution in [0.3, 0.4) is 0 Å². The van der Waals surface area contributed by atoms with Gasteiger partial charge in [0.2, 0.25) is 0 Å². The quantitative estimate of drug-likeness (QED) is 0.758. The van der Waals surface area contributed by atoms with E-state index in [0.717, 1.165) is 39.0 Å². The zero-order valence-electron chi connectivity index (χ0n) is 10.6. The molecule has 1 atom stereocenters. The Hall–Kier alpha value is -0.630. The predicted molar refractivity (Wildman–Crippen MR) is 64.2 cm³/mol. The molecule has 0 aromatic carbocycles. The molecule has 1 heterocycles. The minimum absolute atomic E-state index is 0.406. The average molecular weight is 225 g/mol. The largest absolute Gasteiger partial charge is 0.381 e. The lowest BCUT2D eigenvalue weighted by atomic mass is 10.0. The van der Waals surface area contributed by atoms with E-state index in [1.807, 2.05) is 13.8 Å². The van der Waals surface area contributed by atoms with Crippen molar-refractivity contribution in [2.45, 2.75) is 38.3 Å². The van der Waals surface area contributed by atoms with Crippen molar-refractivity contribution in [2.75, 3.05) is 33.3 Å². The van der Waals surface area contributed by atoms with Crippen LogP contribution in [0.25, 0.3) is 0 Å². The Bertz CT molecular complexity index is 243. The lowest BCUT2D eigenvalue weighted by Crippen LogP contribution is -2.52. The number of hydrogen-bond donors (Lipinski definition) is 1. The lowest BCUT2D eigenvalue weighted by Gasteiger charge is -2.35. The number of piperidine rings is 1. The van der Waals surface area contributed by atoms with E-state index in [-0.39, 0.29) is 0 Å². The topological polar surface area (TPSA) is 48.3 Å². The van der Waals surface area contributed by atoms with Crippen LogP contribution < -0.4 is 5.32 Å². The van der Waals surface area contributed by atoms with Gasteiger partial charge in [0, 0.05) is 26.7 Å². The van der Waals surface area contributed by atoms with E-state index in [2.05, 4.69) is 16.3 Å². The highest BCUT2D eigenvalue weighted by atomic mass is 16.5. The summed E-state index contributed by atoms with van der Waals surface area (Å²) in [5.41, 5.74) is -0.422. The van der Waals surface area contributed by atoms with E-state index >= 15 is 0 Å². The Kier molecular flexibility index (Phi) is 5.20. The standard InChI is InChI=1S/C12H23N3O/c1-4-14-12(2,9-13)10-15-7-5-11(16-3)6-8-15/h11,14H,4-8,10H2,1-3H3. The smallest absolute Gasteiger partial charge is 0.116 e. The van der Waals surface area contributed by atoms with Gasteiger partial charge in [-0.25, -0.2) is 0 Å². The third-order valence-electron chi connectivity index (χ3n) is 3.22. The number of nitrogens with zero attached hydrogens (tertiary/aromatic N) is 2. The van der Waals surface area contributed by atoms with Gasteiger partial charge in [0.1, 0.15) is 5.54 Å². The molecule has 0 aromatic rings. The third-order valence-corrected chi connectivity index (χ3v) is 3.22. The van der Waals surface area contributed by atoms with Gasteiger partial charge in [-0.05, 0) is 26.3 Å². The van der Waals surface area contributed by atoms with Crippen molar-refractivity contribution < 1.29 is 4.74 Å². The summed E-state index contributed by atoms with van der Waals surface area (Å²) in [6, 6.07) is 2.37. The molecule has 1 unspecified atom stereocenters. The molecule has 0 radical (unpaired) electrons. The number of ether oxygens (including phenoxy) is 1. The molecule has 0 spiro atoms. The van der Waals surface area contributed by atoms with Gasteiger partial charge in [-0.3, -0.25) is 5.32 Å². The molecule has 92 valence electrons. The van der Waals surface area contributed by atoms with Crippen LogP contribution in [-0.2, 0) is 4.74 Å². The minimum atomic E-state index is -0.422. The lowest BCUT2D eigenvalue weighted by molar-refractivity contribution is 0.0362. The first-order valence-corrected chi connectivity index (χ1v) is 6.05. The first kappa shape index (κ1) is 13.4. The number of nitriles is 1. The molecule has 0 amide bonds. The van der Waals surface area contributed by atoms with Crippen LogP contribution >= 0.6 is 0 Å². The molecule has 0 saturated carbocycles. The number of likely N-dealkylation sites (N-methyl/N-ethyl adjacent to an activating group) is 1. The Balaban J connectivity index is 2.40. The molecule has 1 aliphatic rings. The number of likely N-dealkylation sites (tertiary alicyclic amines) is 1. The first-order valence-electron chi connectivity index (χ1n) is 6.05. The van der Waals surface area contributed by atoms with E-state index < -0.39 is 5.54 Å². The van der Waals surface area contributed by atoms with E-state index in [9.17, 15) is 5.26 Å². The average Bonchev–Trinajstić information content (AvgIpc) is 2.30. The van der Waals surface area contributed by atoms with Gasteiger partial charge in [0.05, 0.1) is 12.2 Å². The molecule has 4 nitrogen and oxygen atoms in total. The van der Waals surface area contributed by atoms with Crippen molar-refractivity contribution in [1.29, 1.82) is 5.26 Å². The zero-order chi connectivity index (χ0) is 12.0. The summed E-state index contributed by atoms with van der Waals surface area (Å²) < 4.78 is 5.34. The van der Waals surface area contributed by atoms with Gasteiger partial charge in [-0.15, -0.1) is 0 Å². The fourth-order valence-electron chi connectivity index (χ4n) is 2.27. The van der Waals surface area contributed by atoms with Crippen LogP contribution in [0.5, 0.6) is 0 Å². The normalized spacial score (nSPS) is 22.6. The van der Waals surface area contributed by atoms with Crippen LogP contribution in [0.1, 0.15) is 26.7 Å². The van der Waals surface area contributed by atoms with Crippen molar-refractivity contribution in [3.63, 3.8) is 0 Å². The third kappa shape index (κ3) is 3.75. The highest BCUT2D eigenvalue weighted by molar-refractivity contribution is 5.05. The summed E-state index contributed by atoms with van der Waals surface area (Å²) in [7, 11) is 1.78. The van der Waals surface area contributed by atoms with E-state index in [1.165, 1.54) is 0 Å². The van der Waals surface area contributed by atoms with Crippen LogP contribution in [-0.4, -0.2) is 49.8 Å². The summed E-state index contributed by atoms with van der Waals surface area (Å²) in [6.45, 7) is 7.69. The molecular formula is C12H23N3O. The highest BCUT2D eigenvalue weighted by Crippen LogP contribution is 2.15. The maximum atomic E-state index is 9.18. The van der Waals surface area contributed by atoms with Crippen molar-refractivity contribution in [3.05, 3.63) is 0 Å². The second-order valence-electron chi connectivity index (χ2n) is 4.69. The Morgan fingerprint density at radius 1 is 1.50 bits per heavy atom. The van der Waals surface area contributed by atoms with Gasteiger partial charge in [-0.2, -0.15) is 5.26 Å². The van der Waals surface area contributed by atoms with Crippen molar-refractivity contribution in [2.24, 2.45) is 0 Å². The molecule has 0 aromatic heterocycles. The Morgan fingerprint density at radius 2 is 2.12 bits per heavy atom. The maximum Gasteiger partial charge on any atom is 0.116 e. The fourth-order valence-corrected chi connectivity index (χ4v) is 2.27. The monoisotopic (exact) mass is 225 g/mol. The van der Waals surface area contributed by atoms with Crippen LogP contribution in [0.2, 0.25) is 0 Å². The molecule has 4 heteroatoms. The maximum absolute atomic E-state index is 9.18. The molecule has 16 heavy (non-hydrogen) atoms. The molecule has 1 N–H and O–H groups in total. The Morgan fingerprint density at radius 3 is 2.56 bits per heavy atom. The van der Waals surface area contributed by atoms with Crippen molar-refractivity contribution >= 4 is 0 Å². The fraction of sp³-hybridized carbons (Fsp3) is 0.917. The van der Waals surface area contributed by atoms with Crippen LogP contribution in [0.4, 0.5) is 0 Å². The van der Waals surface area contributed by atoms with E-state index in [4.69, 9.17) is 4.74 Å². The molecule has 1 rings (SSSR count). The van der Waals surface area contributed by atoms with Crippen LogP contribution in [0, 0.1) is 11.3 Å². The van der Waals surface area contributed by atoms with Crippen LogP contribution in [0.15, 0.2) is 0 Å². The highest BCUT2D eigenvalue weighted by Gasteiger charge is 2.28. The summed E-state index contributed by atoms with van der Waals surface area (Å²) in [5, 5.41) is 12.4. The number of hydrogen-bond acceptors (Lipinski definition) is 4. The van der Waals surface area contributed by atoms with Crippen molar-refractivity contribution in [1.82, 2.24) is 10.2 Å². The summed E-state index contributed by atoms with van der Waals surface area (Å²) in [5.74, 6) is 0. The molecule has 0 bridgehead atoms. The van der Waals surface area contributed by atoms with E-state index in [1.54, 1.807) is 7.11 Å². The van der Waals surface area contributed by atoms with Gasteiger partial charge < -0.3 is 9.64 Å². The van der Waals surface area contributed by atoms with Gasteiger partial charge in [0.15, 0.2) is 0 Å². The van der Waals surface area contributed by atoms with Crippen molar-refractivity contribution in [3.8, 4) is 6.07 Å². The Labute approximate surface area is 98.6 Å². The second kappa shape index (κ2) is 6.19. The molecule has 1 saturated heterocycles. The molecular weight excluding hydrogens is 202 g/mol. The van der Waals surface area contributed by atoms with E-state index in [0.29, 0.717) is 6.10 Å². The number of methoxy groups -OCH3 is 1. The zero-order valence-corrected chi connectivity index (χ0v) is 10.6. The number of nitrogens with one attached hydrogen (secondary N) is 1. The predicted octanol–water partition coefficient (Wildman–Crippen LogP) is 0.989. The summed E-state index contributed by atoms with van der Waals surface area (Å²) in [4.78, 5) is 2.35. The van der Waals surface area contributed by atoms with Gasteiger partial charge >= 0.3 is 0 Å². The summed E-state index contributed by atoms with van der Waals surface area (Å²) in [6.07, 6.45) is 2.55. The van der Waals surface area contributed by atoms with Gasteiger partial charge in [-0.1, -0.05) is 6.92 Å². The second-order valence-corrected chi connectivity index (χ2v) is 4.69. The number of rotatable bonds is 5. The molecule has 0 aliphatic carbocycles. The first-order chi connectivity index (χ1) is 7.63. The minimum Gasteiger partial charge on any atom is -0.381 e. The SMILES string of the molecule is CCNC(C)(C#N)CN1CCC(OC)CC1. The molecule has 1 fully saturated rings. The van der Waals surface area contributed by atoms with Gasteiger partial charge in [0.25, 0.3) is 0 Å².